The van der Waals surface area contributed by atoms with E-state index >= 15 is 0 Å². The van der Waals surface area contributed by atoms with Crippen LogP contribution in [0.3, 0.4) is 0 Å². The van der Waals surface area contributed by atoms with E-state index in [-0.39, 0.29) is 24.1 Å². The van der Waals surface area contributed by atoms with E-state index in [1.54, 1.807) is 12.1 Å². The number of benzene rings is 1. The quantitative estimate of drug-likeness (QED) is 0.756. The molecule has 0 aliphatic carbocycles. The van der Waals surface area contributed by atoms with E-state index in [0.717, 1.165) is 0 Å². The molecule has 9 heteroatoms. The summed E-state index contributed by atoms with van der Waals surface area (Å²) in [6.07, 6.45) is 0.554. The van der Waals surface area contributed by atoms with Crippen molar-refractivity contribution in [1.29, 1.82) is 0 Å². The normalized spacial score (nSPS) is 23.3. The molecule has 116 valence electrons. The van der Waals surface area contributed by atoms with Crippen molar-refractivity contribution in [2.75, 3.05) is 6.54 Å². The van der Waals surface area contributed by atoms with E-state index in [1.807, 2.05) is 0 Å². The van der Waals surface area contributed by atoms with Crippen LogP contribution in [0.5, 0.6) is 0 Å². The second kappa shape index (κ2) is 5.18. The number of sulfonamides is 1. The second-order valence-corrected chi connectivity index (χ2v) is 6.88. The number of imide groups is 1. The molecule has 2 amide bonds. The fourth-order valence-electron chi connectivity index (χ4n) is 2.40. The van der Waals surface area contributed by atoms with Gasteiger partial charge in [-0.3, -0.25) is 9.59 Å². The minimum Gasteiger partial charge on any atom is -0.328 e. The fraction of sp³-hybridized carbons (Fsp3) is 0.308. The van der Waals surface area contributed by atoms with Crippen molar-refractivity contribution in [2.45, 2.75) is 18.1 Å². The van der Waals surface area contributed by atoms with Crippen molar-refractivity contribution in [3.8, 4) is 0 Å². The van der Waals surface area contributed by atoms with Gasteiger partial charge < -0.3 is 4.84 Å². The molecule has 0 bridgehead atoms. The summed E-state index contributed by atoms with van der Waals surface area (Å²) in [6.45, 7) is 0.249. The molecule has 3 rings (SSSR count). The average Bonchev–Trinajstić information content (AvgIpc) is 2.72. The highest BCUT2D eigenvalue weighted by Gasteiger charge is 2.43. The number of hydrogen-bond acceptors (Lipinski definition) is 6. The third-order valence-corrected chi connectivity index (χ3v) is 5.31. The minimum atomic E-state index is -3.84. The van der Waals surface area contributed by atoms with Crippen LogP contribution in [0.1, 0.15) is 33.6 Å². The van der Waals surface area contributed by atoms with E-state index < -0.39 is 33.1 Å². The van der Waals surface area contributed by atoms with Crippen LogP contribution >= 0.6 is 0 Å². The third-order valence-electron chi connectivity index (χ3n) is 3.52. The molecule has 1 saturated heterocycles. The van der Waals surface area contributed by atoms with Crippen molar-refractivity contribution in [2.24, 2.45) is 0 Å². The van der Waals surface area contributed by atoms with Crippen molar-refractivity contribution >= 4 is 27.8 Å². The van der Waals surface area contributed by atoms with Crippen molar-refractivity contribution in [3.63, 3.8) is 0 Å². The first-order valence-corrected chi connectivity index (χ1v) is 8.14. The average molecular weight is 324 g/mol. The standard InChI is InChI=1S/C13H12N2O6S/c16-11-8-4-1-2-5-9(8)12(17)15(11)21-13(18)10-6-3-7-14-22(10,19)20/h1-2,4-5,10,14H,3,6-7H2. The largest absolute Gasteiger partial charge is 0.352 e. The predicted octanol–water partition coefficient (Wildman–Crippen LogP) is -0.177. The Morgan fingerprint density at radius 3 is 2.32 bits per heavy atom. The second-order valence-electron chi connectivity index (χ2n) is 4.93. The summed E-state index contributed by atoms with van der Waals surface area (Å²) in [6, 6.07) is 6.01. The Hall–Kier alpha value is -2.26. The van der Waals surface area contributed by atoms with Crippen LogP contribution in [0.15, 0.2) is 24.3 Å². The van der Waals surface area contributed by atoms with Crippen LogP contribution in [0.2, 0.25) is 0 Å². The van der Waals surface area contributed by atoms with Gasteiger partial charge in [-0.15, -0.1) is 0 Å². The molecule has 1 atom stereocenters. The zero-order valence-corrected chi connectivity index (χ0v) is 12.1. The van der Waals surface area contributed by atoms with Crippen molar-refractivity contribution in [3.05, 3.63) is 35.4 Å². The number of hydrogen-bond donors (Lipinski definition) is 1. The summed E-state index contributed by atoms with van der Waals surface area (Å²) in [7, 11) is -3.84. The van der Waals surface area contributed by atoms with Gasteiger partial charge in [0.25, 0.3) is 11.8 Å². The van der Waals surface area contributed by atoms with Gasteiger partial charge in [-0.1, -0.05) is 17.2 Å². The molecule has 8 nitrogen and oxygen atoms in total. The number of nitrogens with one attached hydrogen (secondary N) is 1. The van der Waals surface area contributed by atoms with Gasteiger partial charge in [0.05, 0.1) is 11.1 Å². The van der Waals surface area contributed by atoms with Crippen LogP contribution in [0.4, 0.5) is 0 Å². The van der Waals surface area contributed by atoms with Crippen LogP contribution in [0, 0.1) is 0 Å². The Labute approximate surface area is 126 Å². The zero-order valence-electron chi connectivity index (χ0n) is 11.3. The molecule has 0 aromatic heterocycles. The van der Waals surface area contributed by atoms with Gasteiger partial charge in [0.15, 0.2) is 5.25 Å². The number of amides is 2. The fourth-order valence-corrected chi connectivity index (χ4v) is 3.80. The molecular weight excluding hydrogens is 312 g/mol. The summed E-state index contributed by atoms with van der Waals surface area (Å²) in [4.78, 5) is 40.9. The molecule has 0 radical (unpaired) electrons. The summed E-state index contributed by atoms with van der Waals surface area (Å²) in [5, 5.41) is -1.11. The number of nitrogens with zero attached hydrogens (tertiary/aromatic N) is 1. The molecule has 0 saturated carbocycles. The Bertz CT molecular complexity index is 737. The van der Waals surface area contributed by atoms with Gasteiger partial charge in [-0.25, -0.2) is 17.9 Å². The minimum absolute atomic E-state index is 0.0807. The lowest BCUT2D eigenvalue weighted by Gasteiger charge is -2.22. The smallest absolute Gasteiger partial charge is 0.328 e. The first-order chi connectivity index (χ1) is 10.4. The molecule has 1 unspecified atom stereocenters. The molecule has 2 heterocycles. The van der Waals surface area contributed by atoms with Gasteiger partial charge in [-0.05, 0) is 25.0 Å². The topological polar surface area (TPSA) is 110 Å². The number of carbonyl (C=O) groups is 3. The number of rotatable bonds is 2. The Kier molecular flexibility index (Phi) is 3.45. The van der Waals surface area contributed by atoms with Gasteiger partial charge >= 0.3 is 5.97 Å². The van der Waals surface area contributed by atoms with Crippen molar-refractivity contribution < 1.29 is 27.6 Å². The van der Waals surface area contributed by atoms with Crippen molar-refractivity contribution in [1.82, 2.24) is 9.79 Å². The monoisotopic (exact) mass is 324 g/mol. The lowest BCUT2D eigenvalue weighted by atomic mass is 10.1. The molecule has 2 aliphatic heterocycles. The van der Waals surface area contributed by atoms with Gasteiger partial charge in [0.2, 0.25) is 10.0 Å². The first-order valence-electron chi connectivity index (χ1n) is 6.60. The maximum absolute atomic E-state index is 12.0. The van der Waals surface area contributed by atoms with Crippen LogP contribution in [0.25, 0.3) is 0 Å². The SMILES string of the molecule is O=C(ON1C(=O)c2ccccc2C1=O)C1CCCNS1(=O)=O. The van der Waals surface area contributed by atoms with Crippen LogP contribution < -0.4 is 4.72 Å². The zero-order chi connectivity index (χ0) is 15.9. The van der Waals surface area contributed by atoms with E-state index in [2.05, 4.69) is 4.72 Å². The molecule has 1 aromatic rings. The maximum Gasteiger partial charge on any atom is 0.352 e. The number of hydroxylamine groups is 2. The van der Waals surface area contributed by atoms with E-state index in [0.29, 0.717) is 11.5 Å². The molecule has 0 spiro atoms. The Balaban J connectivity index is 1.81. The Morgan fingerprint density at radius 1 is 1.18 bits per heavy atom. The lowest BCUT2D eigenvalue weighted by molar-refractivity contribution is -0.168. The first kappa shape index (κ1) is 14.7. The molecule has 1 N–H and O–H groups in total. The van der Waals surface area contributed by atoms with Gasteiger partial charge in [0, 0.05) is 6.54 Å². The predicted molar refractivity (Wildman–Crippen MR) is 73.0 cm³/mol. The van der Waals surface area contributed by atoms with Crippen LogP contribution in [-0.2, 0) is 19.7 Å². The van der Waals surface area contributed by atoms with Gasteiger partial charge in [0.1, 0.15) is 0 Å². The molecule has 1 aromatic carbocycles. The van der Waals surface area contributed by atoms with E-state index in [4.69, 9.17) is 4.84 Å². The van der Waals surface area contributed by atoms with E-state index in [1.165, 1.54) is 12.1 Å². The molecule has 1 fully saturated rings. The highest BCUT2D eigenvalue weighted by molar-refractivity contribution is 7.90. The lowest BCUT2D eigenvalue weighted by Crippen LogP contribution is -2.47. The maximum atomic E-state index is 12.0. The Morgan fingerprint density at radius 2 is 1.77 bits per heavy atom. The molecule has 2 aliphatic rings. The summed E-state index contributed by atoms with van der Waals surface area (Å²) in [5.74, 6) is -2.70. The summed E-state index contributed by atoms with van der Waals surface area (Å²) < 4.78 is 25.8. The van der Waals surface area contributed by atoms with Gasteiger partial charge in [-0.2, -0.15) is 0 Å². The van der Waals surface area contributed by atoms with E-state index in [9.17, 15) is 22.8 Å². The summed E-state index contributed by atoms with van der Waals surface area (Å²) in [5.41, 5.74) is 0.231. The third kappa shape index (κ3) is 2.28. The molecular formula is C13H12N2O6S. The molecule has 22 heavy (non-hydrogen) atoms. The number of fused-ring (bicyclic) bond motifs is 1. The highest BCUT2D eigenvalue weighted by atomic mass is 32.2. The summed E-state index contributed by atoms with van der Waals surface area (Å²) >= 11 is 0. The highest BCUT2D eigenvalue weighted by Crippen LogP contribution is 2.24. The van der Waals surface area contributed by atoms with Crippen LogP contribution in [-0.4, -0.2) is 43.1 Å². The number of carbonyl (C=O) groups excluding carboxylic acids is 3.